The van der Waals surface area contributed by atoms with Crippen LogP contribution in [0.5, 0.6) is 0 Å². The Labute approximate surface area is 158 Å². The molecule has 2 aromatic rings. The van der Waals surface area contributed by atoms with Crippen molar-refractivity contribution in [2.75, 3.05) is 32.7 Å². The summed E-state index contributed by atoms with van der Waals surface area (Å²) in [6.45, 7) is 2.92. The molecule has 0 aromatic carbocycles. The number of carbonyl (C=O) groups excluding carboxylic acids is 1. The molecule has 0 aliphatic carbocycles. The maximum absolute atomic E-state index is 13.3. The van der Waals surface area contributed by atoms with Crippen molar-refractivity contribution >= 4 is 15.9 Å². The summed E-state index contributed by atoms with van der Waals surface area (Å²) in [5, 5.41) is 3.24. The van der Waals surface area contributed by atoms with Gasteiger partial charge >= 0.3 is 0 Å². The van der Waals surface area contributed by atoms with Gasteiger partial charge < -0.3 is 15.2 Å². The molecule has 2 saturated heterocycles. The third-order valence-corrected chi connectivity index (χ3v) is 7.04. The molecule has 0 bridgehead atoms. The molecular formula is C18H23N5O3S. The van der Waals surface area contributed by atoms with Gasteiger partial charge in [0.2, 0.25) is 10.0 Å². The molecule has 1 unspecified atom stereocenters. The monoisotopic (exact) mass is 389 g/mol. The average molecular weight is 389 g/mol. The first-order valence-corrected chi connectivity index (χ1v) is 10.6. The zero-order valence-electron chi connectivity index (χ0n) is 15.0. The van der Waals surface area contributed by atoms with Gasteiger partial charge in [0.15, 0.2) is 0 Å². The smallest absolute Gasteiger partial charge is 0.270 e. The van der Waals surface area contributed by atoms with Crippen LogP contribution in [0, 0.1) is 0 Å². The van der Waals surface area contributed by atoms with E-state index in [4.69, 9.17) is 0 Å². The van der Waals surface area contributed by atoms with E-state index in [2.05, 4.69) is 15.3 Å². The SMILES string of the molecule is O=C(c1cc(S(=O)(=O)N2CCNCC2c2cccnc2)c[nH]1)N1CCCC1. The summed E-state index contributed by atoms with van der Waals surface area (Å²) in [5.41, 5.74) is 1.17. The summed E-state index contributed by atoms with van der Waals surface area (Å²) in [5.74, 6) is -0.141. The third kappa shape index (κ3) is 3.50. The van der Waals surface area contributed by atoms with Crippen LogP contribution in [0.4, 0.5) is 0 Å². The first kappa shape index (κ1) is 18.1. The molecule has 2 aliphatic heterocycles. The standard InChI is InChI=1S/C18H23N5O3S/c24-18(22-7-1-2-8-22)16-10-15(12-21-16)27(25,26)23-9-6-20-13-17(23)14-4-3-5-19-11-14/h3-5,10-12,17,20-21H,1-2,6-9,13H2. The number of hydrogen-bond acceptors (Lipinski definition) is 5. The number of nitrogens with one attached hydrogen (secondary N) is 2. The predicted molar refractivity (Wildman–Crippen MR) is 99.7 cm³/mol. The Morgan fingerprint density at radius 3 is 2.78 bits per heavy atom. The lowest BCUT2D eigenvalue weighted by Crippen LogP contribution is -2.48. The summed E-state index contributed by atoms with van der Waals surface area (Å²) in [6.07, 6.45) is 6.76. The molecule has 2 N–H and O–H groups in total. The van der Waals surface area contributed by atoms with Gasteiger partial charge in [0.25, 0.3) is 5.91 Å². The topological polar surface area (TPSA) is 98.4 Å². The third-order valence-electron chi connectivity index (χ3n) is 5.15. The van der Waals surface area contributed by atoms with Crippen LogP contribution in [0.3, 0.4) is 0 Å². The number of nitrogens with zero attached hydrogens (tertiary/aromatic N) is 3. The molecule has 0 radical (unpaired) electrons. The molecule has 2 aromatic heterocycles. The Morgan fingerprint density at radius 2 is 2.04 bits per heavy atom. The second kappa shape index (κ2) is 7.41. The Hall–Kier alpha value is -2.23. The van der Waals surface area contributed by atoms with E-state index in [1.165, 1.54) is 16.6 Å². The first-order chi connectivity index (χ1) is 13.1. The number of aromatic amines is 1. The van der Waals surface area contributed by atoms with Crippen molar-refractivity contribution in [2.45, 2.75) is 23.8 Å². The lowest BCUT2D eigenvalue weighted by atomic mass is 10.1. The van der Waals surface area contributed by atoms with Gasteiger partial charge in [-0.2, -0.15) is 4.31 Å². The first-order valence-electron chi connectivity index (χ1n) is 9.17. The minimum atomic E-state index is -3.73. The zero-order valence-corrected chi connectivity index (χ0v) is 15.8. The summed E-state index contributed by atoms with van der Waals surface area (Å²) >= 11 is 0. The van der Waals surface area contributed by atoms with Crippen LogP contribution < -0.4 is 5.32 Å². The van der Waals surface area contributed by atoms with Crippen molar-refractivity contribution in [3.05, 3.63) is 48.0 Å². The fraction of sp³-hybridized carbons (Fsp3) is 0.444. The Morgan fingerprint density at radius 1 is 1.22 bits per heavy atom. The van der Waals surface area contributed by atoms with Gasteiger partial charge in [-0.15, -0.1) is 0 Å². The van der Waals surface area contributed by atoms with Crippen LogP contribution in [0.2, 0.25) is 0 Å². The number of H-pyrrole nitrogens is 1. The number of hydrogen-bond donors (Lipinski definition) is 2. The number of sulfonamides is 1. The number of aromatic nitrogens is 2. The summed E-state index contributed by atoms with van der Waals surface area (Å²) in [6, 6.07) is 4.81. The van der Waals surface area contributed by atoms with Gasteiger partial charge in [0.05, 0.1) is 6.04 Å². The van der Waals surface area contributed by atoms with Crippen LogP contribution in [-0.4, -0.2) is 66.2 Å². The highest BCUT2D eigenvalue weighted by atomic mass is 32.2. The maximum atomic E-state index is 13.3. The second-order valence-electron chi connectivity index (χ2n) is 6.87. The van der Waals surface area contributed by atoms with Gasteiger partial charge in [-0.25, -0.2) is 8.42 Å². The van der Waals surface area contributed by atoms with Crippen LogP contribution in [0.25, 0.3) is 0 Å². The molecule has 4 rings (SSSR count). The summed E-state index contributed by atoms with van der Waals surface area (Å²) in [4.78, 5) is 21.4. The van der Waals surface area contributed by atoms with Crippen molar-refractivity contribution in [1.82, 2.24) is 24.5 Å². The van der Waals surface area contributed by atoms with Crippen molar-refractivity contribution in [2.24, 2.45) is 0 Å². The highest BCUT2D eigenvalue weighted by Gasteiger charge is 2.35. The van der Waals surface area contributed by atoms with Crippen molar-refractivity contribution in [3.8, 4) is 0 Å². The molecule has 9 heteroatoms. The summed E-state index contributed by atoms with van der Waals surface area (Å²) in [7, 11) is -3.73. The van der Waals surface area contributed by atoms with Gasteiger partial charge in [0, 0.05) is 51.3 Å². The molecule has 8 nitrogen and oxygen atoms in total. The van der Waals surface area contributed by atoms with Crippen LogP contribution in [-0.2, 0) is 10.0 Å². The molecule has 0 spiro atoms. The number of piperazine rings is 1. The number of amides is 1. The number of rotatable bonds is 4. The van der Waals surface area contributed by atoms with E-state index in [0.29, 0.717) is 25.3 Å². The fourth-order valence-corrected chi connectivity index (χ4v) is 5.31. The van der Waals surface area contributed by atoms with Crippen molar-refractivity contribution in [3.63, 3.8) is 0 Å². The van der Waals surface area contributed by atoms with Crippen LogP contribution >= 0.6 is 0 Å². The van der Waals surface area contributed by atoms with E-state index in [9.17, 15) is 13.2 Å². The highest BCUT2D eigenvalue weighted by Crippen LogP contribution is 2.29. The predicted octanol–water partition coefficient (Wildman–Crippen LogP) is 0.981. The Bertz CT molecular complexity index is 906. The maximum Gasteiger partial charge on any atom is 0.270 e. The van der Waals surface area contributed by atoms with E-state index in [1.807, 2.05) is 6.07 Å². The molecule has 4 heterocycles. The van der Waals surface area contributed by atoms with E-state index in [1.54, 1.807) is 23.4 Å². The van der Waals surface area contributed by atoms with Gasteiger partial charge in [-0.3, -0.25) is 9.78 Å². The molecule has 0 saturated carbocycles. The van der Waals surface area contributed by atoms with Gasteiger partial charge in [0.1, 0.15) is 10.6 Å². The molecular weight excluding hydrogens is 366 g/mol. The number of carbonyl (C=O) groups is 1. The quantitative estimate of drug-likeness (QED) is 0.812. The molecule has 144 valence electrons. The lowest BCUT2D eigenvalue weighted by Gasteiger charge is -2.35. The van der Waals surface area contributed by atoms with E-state index >= 15 is 0 Å². The summed E-state index contributed by atoms with van der Waals surface area (Å²) < 4.78 is 28.0. The lowest BCUT2D eigenvalue weighted by molar-refractivity contribution is 0.0787. The minimum Gasteiger partial charge on any atom is -0.356 e. The normalized spacial score (nSPS) is 21.5. The minimum absolute atomic E-state index is 0.126. The number of likely N-dealkylation sites (tertiary alicyclic amines) is 1. The molecule has 27 heavy (non-hydrogen) atoms. The Kier molecular flexibility index (Phi) is 4.98. The highest BCUT2D eigenvalue weighted by molar-refractivity contribution is 7.89. The fourth-order valence-electron chi connectivity index (χ4n) is 3.70. The van der Waals surface area contributed by atoms with Gasteiger partial charge in [-0.1, -0.05) is 6.07 Å². The van der Waals surface area contributed by atoms with Crippen molar-refractivity contribution < 1.29 is 13.2 Å². The van der Waals surface area contributed by atoms with E-state index < -0.39 is 10.0 Å². The number of pyridine rings is 1. The molecule has 1 atom stereocenters. The van der Waals surface area contributed by atoms with Crippen LogP contribution in [0.15, 0.2) is 41.7 Å². The van der Waals surface area contributed by atoms with Crippen molar-refractivity contribution in [1.29, 1.82) is 0 Å². The largest absolute Gasteiger partial charge is 0.356 e. The molecule has 2 fully saturated rings. The average Bonchev–Trinajstić information content (AvgIpc) is 3.40. The van der Waals surface area contributed by atoms with E-state index in [0.717, 1.165) is 31.5 Å². The van der Waals surface area contributed by atoms with E-state index in [-0.39, 0.29) is 16.8 Å². The molecule has 2 aliphatic rings. The van der Waals surface area contributed by atoms with Gasteiger partial charge in [-0.05, 0) is 30.5 Å². The molecule has 1 amide bonds. The van der Waals surface area contributed by atoms with Crippen LogP contribution in [0.1, 0.15) is 34.9 Å². The zero-order chi connectivity index (χ0) is 18.9. The second-order valence-corrected chi connectivity index (χ2v) is 8.76. The Balaban J connectivity index is 1.61.